The molecule has 1 N–H and O–H groups in total. The van der Waals surface area contributed by atoms with Crippen molar-refractivity contribution in [2.75, 3.05) is 13.2 Å². The molecular formula is C31H28F2N2O4. The van der Waals surface area contributed by atoms with Crippen LogP contribution in [-0.4, -0.2) is 34.9 Å². The number of H-pyrrole nitrogens is 1. The van der Waals surface area contributed by atoms with Gasteiger partial charge in [0.1, 0.15) is 12.4 Å². The monoisotopic (exact) mass is 530 g/mol. The number of ether oxygens (including phenoxy) is 2. The fourth-order valence-electron chi connectivity index (χ4n) is 4.97. The zero-order valence-corrected chi connectivity index (χ0v) is 21.9. The van der Waals surface area contributed by atoms with Crippen LogP contribution in [0.5, 0.6) is 5.75 Å². The number of aromatic nitrogens is 1. The summed E-state index contributed by atoms with van der Waals surface area (Å²) in [6.45, 7) is 6.36. The Labute approximate surface area is 224 Å². The van der Waals surface area contributed by atoms with Gasteiger partial charge in [-0.15, -0.1) is 0 Å². The third-order valence-corrected chi connectivity index (χ3v) is 6.74. The lowest BCUT2D eigenvalue weighted by molar-refractivity contribution is -0.136. The van der Waals surface area contributed by atoms with E-state index in [1.165, 1.54) is 17.2 Å². The predicted octanol–water partition coefficient (Wildman–Crippen LogP) is 6.36. The molecule has 1 aliphatic heterocycles. The summed E-state index contributed by atoms with van der Waals surface area (Å²) in [5.41, 5.74) is 2.68. The third kappa shape index (κ3) is 5.14. The molecule has 0 bridgehead atoms. The SMILES string of the molecule is CCOC(=O)C1=CN(C(=O)c2ccc(F)c(F)c2)CC(C)(C)c2c1[nH]c1cc(OCc3ccccc3)ccc21. The third-order valence-electron chi connectivity index (χ3n) is 6.74. The van der Waals surface area contributed by atoms with Crippen molar-refractivity contribution in [3.05, 3.63) is 107 Å². The van der Waals surface area contributed by atoms with Gasteiger partial charge in [0.25, 0.3) is 5.91 Å². The van der Waals surface area contributed by atoms with Gasteiger partial charge in [-0.2, -0.15) is 0 Å². The number of aromatic amines is 1. The number of rotatable bonds is 6. The number of hydrogen-bond acceptors (Lipinski definition) is 4. The second-order valence-electron chi connectivity index (χ2n) is 10.1. The largest absolute Gasteiger partial charge is 0.489 e. The topological polar surface area (TPSA) is 71.6 Å². The summed E-state index contributed by atoms with van der Waals surface area (Å²) in [5.74, 6) is -2.66. The number of carbonyl (C=O) groups excluding carboxylic acids is 2. The Balaban J connectivity index is 1.57. The number of hydrogen-bond donors (Lipinski definition) is 1. The van der Waals surface area contributed by atoms with Gasteiger partial charge in [-0.1, -0.05) is 44.2 Å². The molecule has 200 valence electrons. The highest BCUT2D eigenvalue weighted by Crippen LogP contribution is 2.41. The molecule has 0 spiro atoms. The molecule has 0 saturated carbocycles. The van der Waals surface area contributed by atoms with E-state index in [0.29, 0.717) is 18.1 Å². The van der Waals surface area contributed by atoms with Crippen LogP contribution in [0.25, 0.3) is 16.5 Å². The molecule has 0 radical (unpaired) electrons. The smallest absolute Gasteiger partial charge is 0.341 e. The van der Waals surface area contributed by atoms with E-state index in [1.807, 2.05) is 62.4 Å². The minimum Gasteiger partial charge on any atom is -0.489 e. The van der Waals surface area contributed by atoms with Gasteiger partial charge in [0.15, 0.2) is 11.6 Å². The van der Waals surface area contributed by atoms with Crippen molar-refractivity contribution in [2.24, 2.45) is 0 Å². The van der Waals surface area contributed by atoms with E-state index >= 15 is 0 Å². The summed E-state index contributed by atoms with van der Waals surface area (Å²) < 4.78 is 38.8. The average Bonchev–Trinajstić information content (AvgIpc) is 3.25. The number of carbonyl (C=O) groups is 2. The molecule has 3 aromatic carbocycles. The van der Waals surface area contributed by atoms with Crippen LogP contribution >= 0.6 is 0 Å². The van der Waals surface area contributed by atoms with Crippen molar-refractivity contribution in [2.45, 2.75) is 32.8 Å². The number of nitrogens with one attached hydrogen (secondary N) is 1. The maximum Gasteiger partial charge on any atom is 0.341 e. The summed E-state index contributed by atoms with van der Waals surface area (Å²) in [4.78, 5) is 31.3. The molecule has 0 saturated heterocycles. The van der Waals surface area contributed by atoms with Gasteiger partial charge >= 0.3 is 5.97 Å². The van der Waals surface area contributed by atoms with Crippen LogP contribution < -0.4 is 4.74 Å². The minimum atomic E-state index is -1.12. The normalized spacial score (nSPS) is 14.4. The number of benzene rings is 3. The van der Waals surface area contributed by atoms with Crippen LogP contribution in [0.3, 0.4) is 0 Å². The number of fused-ring (bicyclic) bond motifs is 3. The number of halogens is 2. The number of esters is 1. The van der Waals surface area contributed by atoms with E-state index in [2.05, 4.69) is 4.98 Å². The molecular weight excluding hydrogens is 502 g/mol. The molecule has 1 amide bonds. The molecule has 1 aromatic heterocycles. The first kappa shape index (κ1) is 26.2. The molecule has 0 fully saturated rings. The lowest BCUT2D eigenvalue weighted by Crippen LogP contribution is -2.37. The summed E-state index contributed by atoms with van der Waals surface area (Å²) >= 11 is 0. The first-order chi connectivity index (χ1) is 18.7. The van der Waals surface area contributed by atoms with Gasteiger partial charge in [0, 0.05) is 40.7 Å². The van der Waals surface area contributed by atoms with E-state index in [4.69, 9.17) is 9.47 Å². The highest BCUT2D eigenvalue weighted by Gasteiger charge is 2.37. The van der Waals surface area contributed by atoms with Crippen molar-refractivity contribution in [3.63, 3.8) is 0 Å². The molecule has 4 aromatic rings. The molecule has 1 aliphatic rings. The quantitative estimate of drug-likeness (QED) is 0.295. The Morgan fingerprint density at radius 2 is 1.77 bits per heavy atom. The number of nitrogens with zero attached hydrogens (tertiary/aromatic N) is 1. The molecule has 0 atom stereocenters. The van der Waals surface area contributed by atoms with Crippen molar-refractivity contribution in [1.29, 1.82) is 0 Å². The summed E-state index contributed by atoms with van der Waals surface area (Å²) in [5, 5.41) is 0.874. The van der Waals surface area contributed by atoms with Crippen LogP contribution in [0.1, 0.15) is 48.0 Å². The van der Waals surface area contributed by atoms with E-state index in [0.717, 1.165) is 34.2 Å². The lowest BCUT2D eigenvalue weighted by Gasteiger charge is -2.29. The summed E-state index contributed by atoms with van der Waals surface area (Å²) in [6, 6.07) is 18.5. The van der Waals surface area contributed by atoms with Crippen LogP contribution in [0.4, 0.5) is 8.78 Å². The first-order valence-electron chi connectivity index (χ1n) is 12.7. The van der Waals surface area contributed by atoms with E-state index in [9.17, 15) is 18.4 Å². The maximum atomic E-state index is 13.9. The van der Waals surface area contributed by atoms with Gasteiger partial charge in [0.05, 0.1) is 17.9 Å². The maximum absolute atomic E-state index is 13.9. The van der Waals surface area contributed by atoms with Crippen molar-refractivity contribution in [3.8, 4) is 5.75 Å². The van der Waals surface area contributed by atoms with E-state index in [-0.39, 0.29) is 24.3 Å². The molecule has 39 heavy (non-hydrogen) atoms. The highest BCUT2D eigenvalue weighted by atomic mass is 19.2. The minimum absolute atomic E-state index is 0.0280. The van der Waals surface area contributed by atoms with Crippen molar-refractivity contribution >= 4 is 28.4 Å². The molecule has 0 aliphatic carbocycles. The number of amides is 1. The fraction of sp³-hybridized carbons (Fsp3) is 0.226. The highest BCUT2D eigenvalue weighted by molar-refractivity contribution is 6.18. The Morgan fingerprint density at radius 3 is 2.49 bits per heavy atom. The molecule has 2 heterocycles. The van der Waals surface area contributed by atoms with Crippen LogP contribution in [0, 0.1) is 11.6 Å². The zero-order valence-electron chi connectivity index (χ0n) is 21.9. The molecule has 8 heteroatoms. The Kier molecular flexibility index (Phi) is 6.95. The molecule has 5 rings (SSSR count). The summed E-state index contributed by atoms with van der Waals surface area (Å²) in [7, 11) is 0. The van der Waals surface area contributed by atoms with Gasteiger partial charge in [-0.05, 0) is 48.4 Å². The fourth-order valence-corrected chi connectivity index (χ4v) is 4.97. The predicted molar refractivity (Wildman–Crippen MR) is 144 cm³/mol. The second kappa shape index (κ2) is 10.4. The van der Waals surface area contributed by atoms with Crippen molar-refractivity contribution < 1.29 is 27.8 Å². The standard InChI is InChI=1S/C31H28F2N2O4/c1-4-38-30(37)23-16-35(29(36)20-10-13-24(32)25(33)14-20)18-31(2,3)27-22-12-11-21(15-26(22)34-28(23)27)39-17-19-8-6-5-7-9-19/h5-16,34H,4,17-18H2,1-3H3. The average molecular weight is 531 g/mol. The molecule has 6 nitrogen and oxygen atoms in total. The molecule has 0 unspecified atom stereocenters. The Hall–Kier alpha value is -4.46. The van der Waals surface area contributed by atoms with E-state index < -0.39 is 28.9 Å². The summed E-state index contributed by atoms with van der Waals surface area (Å²) in [6.07, 6.45) is 1.43. The van der Waals surface area contributed by atoms with Crippen LogP contribution in [0.15, 0.2) is 72.9 Å². The lowest BCUT2D eigenvalue weighted by atomic mass is 9.81. The van der Waals surface area contributed by atoms with Crippen LogP contribution in [-0.2, 0) is 21.6 Å². The van der Waals surface area contributed by atoms with E-state index in [1.54, 1.807) is 6.92 Å². The zero-order chi connectivity index (χ0) is 27.7. The van der Waals surface area contributed by atoms with Crippen LogP contribution in [0.2, 0.25) is 0 Å². The second-order valence-corrected chi connectivity index (χ2v) is 10.1. The van der Waals surface area contributed by atoms with Gasteiger partial charge in [-0.3, -0.25) is 4.79 Å². The van der Waals surface area contributed by atoms with Gasteiger partial charge in [-0.25, -0.2) is 13.6 Å². The van der Waals surface area contributed by atoms with Gasteiger partial charge in [0.2, 0.25) is 0 Å². The Morgan fingerprint density at radius 1 is 1.00 bits per heavy atom. The van der Waals surface area contributed by atoms with Crippen molar-refractivity contribution in [1.82, 2.24) is 9.88 Å². The Bertz CT molecular complexity index is 1590. The first-order valence-corrected chi connectivity index (χ1v) is 12.7. The van der Waals surface area contributed by atoms with Gasteiger partial charge < -0.3 is 19.4 Å².